The van der Waals surface area contributed by atoms with E-state index < -0.39 is 0 Å². The van der Waals surface area contributed by atoms with Gasteiger partial charge in [-0.05, 0) is 6.42 Å². The summed E-state index contributed by atoms with van der Waals surface area (Å²) in [6.07, 6.45) is 2.72. The summed E-state index contributed by atoms with van der Waals surface area (Å²) in [5, 5.41) is 10.4. The van der Waals surface area contributed by atoms with Crippen molar-refractivity contribution in [3.8, 4) is 0 Å². The number of nitrogens with zero attached hydrogens (tertiary/aromatic N) is 2. The summed E-state index contributed by atoms with van der Waals surface area (Å²) in [6, 6.07) is 0. The molecule has 1 aromatic heterocycles. The van der Waals surface area contributed by atoms with Gasteiger partial charge in [0.05, 0.1) is 18.5 Å². The fraction of sp³-hybridized carbons (Fsp3) is 0.700. The Bertz CT molecular complexity index is 302. The average molecular weight is 230 g/mol. The zero-order valence-corrected chi connectivity index (χ0v) is 10.3. The summed E-state index contributed by atoms with van der Waals surface area (Å²) in [5.41, 5.74) is 0.844. The van der Waals surface area contributed by atoms with E-state index in [1.54, 1.807) is 25.1 Å². The molecule has 0 radical (unpaired) electrons. The number of hydrogen-bond acceptors (Lipinski definition) is 4. The molecule has 1 rings (SSSR count). The zero-order valence-electron chi connectivity index (χ0n) is 9.43. The van der Waals surface area contributed by atoms with Gasteiger partial charge >= 0.3 is 0 Å². The molecule has 0 saturated carbocycles. The Labute approximate surface area is 94.7 Å². The van der Waals surface area contributed by atoms with Crippen LogP contribution in [0.25, 0.3) is 0 Å². The fourth-order valence-corrected chi connectivity index (χ4v) is 2.17. The molecule has 5 heteroatoms. The number of aromatic nitrogens is 2. The lowest BCUT2D eigenvalue weighted by atomic mass is 10.3. The predicted octanol–water partition coefficient (Wildman–Crippen LogP) is 1.43. The summed E-state index contributed by atoms with van der Waals surface area (Å²) >= 11 is 1.71. The Morgan fingerprint density at radius 1 is 1.67 bits per heavy atom. The van der Waals surface area contributed by atoms with Crippen LogP contribution in [0.1, 0.15) is 19.0 Å². The van der Waals surface area contributed by atoms with Crippen molar-refractivity contribution in [3.05, 3.63) is 11.9 Å². The quantitative estimate of drug-likeness (QED) is 0.751. The van der Waals surface area contributed by atoms with E-state index >= 15 is 0 Å². The monoisotopic (exact) mass is 230 g/mol. The largest absolute Gasteiger partial charge is 0.390 e. The molecule has 4 nitrogen and oxygen atoms in total. The third-order valence-corrected chi connectivity index (χ3v) is 3.47. The van der Waals surface area contributed by atoms with Crippen LogP contribution in [0.3, 0.4) is 0 Å². The number of hydrogen-bond donors (Lipinski definition) is 1. The molecule has 1 unspecified atom stereocenters. The molecule has 0 aliphatic heterocycles. The fourth-order valence-electron chi connectivity index (χ4n) is 1.20. The lowest BCUT2D eigenvalue weighted by Gasteiger charge is -2.10. The van der Waals surface area contributed by atoms with Gasteiger partial charge in [-0.15, -0.1) is 0 Å². The number of rotatable bonds is 6. The highest BCUT2D eigenvalue weighted by molar-refractivity contribution is 7.99. The third-order valence-electron chi connectivity index (χ3n) is 2.24. The Hall–Kier alpha value is -0.520. The Morgan fingerprint density at radius 3 is 2.93 bits per heavy atom. The summed E-state index contributed by atoms with van der Waals surface area (Å²) in [7, 11) is 3.63. The number of ether oxygens (including phenoxy) is 1. The first-order valence-corrected chi connectivity index (χ1v) is 5.84. The van der Waals surface area contributed by atoms with Crippen molar-refractivity contribution in [2.75, 3.05) is 13.7 Å². The van der Waals surface area contributed by atoms with Crippen LogP contribution in [0.5, 0.6) is 0 Å². The number of aliphatic hydroxyl groups is 1. The molecule has 0 aliphatic rings. The van der Waals surface area contributed by atoms with Gasteiger partial charge in [-0.2, -0.15) is 0 Å². The smallest absolute Gasteiger partial charge is 0.168 e. The molecule has 0 saturated heterocycles. The van der Waals surface area contributed by atoms with Gasteiger partial charge in [0.25, 0.3) is 0 Å². The number of aliphatic hydroxyl groups excluding tert-OH is 1. The molecule has 15 heavy (non-hydrogen) atoms. The van der Waals surface area contributed by atoms with Gasteiger partial charge in [0, 0.05) is 26.0 Å². The van der Waals surface area contributed by atoms with Crippen LogP contribution in [0.4, 0.5) is 0 Å². The van der Waals surface area contributed by atoms with Crippen LogP contribution in [0, 0.1) is 0 Å². The number of thioether (sulfide) groups is 1. The highest BCUT2D eigenvalue weighted by atomic mass is 32.2. The first-order chi connectivity index (χ1) is 7.19. The minimum Gasteiger partial charge on any atom is -0.390 e. The SMILES string of the molecule is COCCC(C)Sc1ncc(CO)n1C. The standard InChI is InChI=1S/C10H18N2O2S/c1-8(4-5-14-3)15-10-11-6-9(7-13)12(10)2/h6,8,13H,4-5,7H2,1-3H3. The first-order valence-electron chi connectivity index (χ1n) is 4.96. The maximum absolute atomic E-state index is 9.02. The van der Waals surface area contributed by atoms with Crippen LogP contribution in [0.15, 0.2) is 11.4 Å². The van der Waals surface area contributed by atoms with Crippen molar-refractivity contribution < 1.29 is 9.84 Å². The van der Waals surface area contributed by atoms with Gasteiger partial charge in [-0.25, -0.2) is 4.98 Å². The van der Waals surface area contributed by atoms with Gasteiger partial charge in [0.15, 0.2) is 5.16 Å². The second-order valence-corrected chi connectivity index (χ2v) is 4.86. The number of imidazole rings is 1. The average Bonchev–Trinajstić information content (AvgIpc) is 2.57. The normalized spacial score (nSPS) is 13.1. The van der Waals surface area contributed by atoms with E-state index in [1.807, 2.05) is 11.6 Å². The molecular weight excluding hydrogens is 212 g/mol. The number of methoxy groups -OCH3 is 1. The van der Waals surface area contributed by atoms with Crippen molar-refractivity contribution in [3.63, 3.8) is 0 Å². The molecule has 0 aliphatic carbocycles. The van der Waals surface area contributed by atoms with Gasteiger partial charge in [-0.3, -0.25) is 0 Å². The second-order valence-electron chi connectivity index (χ2n) is 3.46. The Kier molecular flexibility index (Phi) is 5.14. The molecule has 86 valence electrons. The van der Waals surface area contributed by atoms with E-state index in [2.05, 4.69) is 11.9 Å². The molecule has 0 bridgehead atoms. The van der Waals surface area contributed by atoms with Crippen molar-refractivity contribution in [2.24, 2.45) is 7.05 Å². The highest BCUT2D eigenvalue weighted by Crippen LogP contribution is 2.24. The molecule has 1 heterocycles. The molecule has 0 aromatic carbocycles. The van der Waals surface area contributed by atoms with Crippen molar-refractivity contribution in [1.29, 1.82) is 0 Å². The van der Waals surface area contributed by atoms with Crippen LogP contribution in [-0.4, -0.2) is 33.6 Å². The lowest BCUT2D eigenvalue weighted by Crippen LogP contribution is -2.04. The summed E-state index contributed by atoms with van der Waals surface area (Å²) in [6.45, 7) is 2.96. The predicted molar refractivity (Wildman–Crippen MR) is 60.9 cm³/mol. The second kappa shape index (κ2) is 6.15. The molecule has 0 spiro atoms. The van der Waals surface area contributed by atoms with Crippen LogP contribution in [-0.2, 0) is 18.4 Å². The van der Waals surface area contributed by atoms with Crippen LogP contribution < -0.4 is 0 Å². The van der Waals surface area contributed by atoms with E-state index in [-0.39, 0.29) is 6.61 Å². The van der Waals surface area contributed by atoms with E-state index in [0.29, 0.717) is 5.25 Å². The molecular formula is C10H18N2O2S. The van der Waals surface area contributed by atoms with E-state index in [4.69, 9.17) is 9.84 Å². The van der Waals surface area contributed by atoms with E-state index in [9.17, 15) is 0 Å². The molecule has 0 amide bonds. The van der Waals surface area contributed by atoms with E-state index in [0.717, 1.165) is 23.9 Å². The molecule has 0 fully saturated rings. The highest BCUT2D eigenvalue weighted by Gasteiger charge is 2.10. The zero-order chi connectivity index (χ0) is 11.3. The molecule has 1 aromatic rings. The Morgan fingerprint density at radius 2 is 2.40 bits per heavy atom. The van der Waals surface area contributed by atoms with Gasteiger partial charge in [-0.1, -0.05) is 18.7 Å². The van der Waals surface area contributed by atoms with Crippen LogP contribution >= 0.6 is 11.8 Å². The van der Waals surface area contributed by atoms with Gasteiger partial charge in [0.2, 0.25) is 0 Å². The van der Waals surface area contributed by atoms with Gasteiger partial charge < -0.3 is 14.4 Å². The minimum atomic E-state index is 0.0382. The topological polar surface area (TPSA) is 47.3 Å². The lowest BCUT2D eigenvalue weighted by molar-refractivity contribution is 0.195. The van der Waals surface area contributed by atoms with Crippen molar-refractivity contribution in [1.82, 2.24) is 9.55 Å². The summed E-state index contributed by atoms with van der Waals surface area (Å²) in [4.78, 5) is 4.26. The molecule has 1 atom stereocenters. The summed E-state index contributed by atoms with van der Waals surface area (Å²) in [5.74, 6) is 0. The van der Waals surface area contributed by atoms with Crippen molar-refractivity contribution >= 4 is 11.8 Å². The van der Waals surface area contributed by atoms with E-state index in [1.165, 1.54) is 0 Å². The molecule has 1 N–H and O–H groups in total. The van der Waals surface area contributed by atoms with Gasteiger partial charge in [0.1, 0.15) is 0 Å². The van der Waals surface area contributed by atoms with Crippen LogP contribution in [0.2, 0.25) is 0 Å². The maximum atomic E-state index is 9.02. The minimum absolute atomic E-state index is 0.0382. The van der Waals surface area contributed by atoms with Crippen molar-refractivity contribution in [2.45, 2.75) is 30.4 Å². The maximum Gasteiger partial charge on any atom is 0.168 e. The summed E-state index contributed by atoms with van der Waals surface area (Å²) < 4.78 is 6.95. The first kappa shape index (κ1) is 12.5. The Balaban J connectivity index is 2.52. The third kappa shape index (κ3) is 3.52.